The number of anilines is 2. The Balaban J connectivity index is 2.23. The van der Waals surface area contributed by atoms with Gasteiger partial charge in [0, 0.05) is 10.7 Å². The number of amides is 1. The van der Waals surface area contributed by atoms with Gasteiger partial charge >= 0.3 is 6.18 Å². The first kappa shape index (κ1) is 21.0. The van der Waals surface area contributed by atoms with Gasteiger partial charge in [0.25, 0.3) is 0 Å². The first-order valence-electron chi connectivity index (χ1n) is 7.62. The summed E-state index contributed by atoms with van der Waals surface area (Å²) >= 11 is 5.80. The lowest BCUT2D eigenvalue weighted by Crippen LogP contribution is -2.45. The molecule has 0 saturated heterocycles. The molecule has 5 nitrogen and oxygen atoms in total. The Bertz CT molecular complexity index is 914. The van der Waals surface area contributed by atoms with Gasteiger partial charge in [-0.25, -0.2) is 8.42 Å². The minimum atomic E-state index is -4.49. The van der Waals surface area contributed by atoms with Crippen molar-refractivity contribution in [3.05, 3.63) is 59.1 Å². The Hall–Kier alpha value is -2.26. The predicted octanol–water partition coefficient (Wildman–Crippen LogP) is 4.15. The number of nitrogens with zero attached hydrogens (tertiary/aromatic N) is 1. The van der Waals surface area contributed by atoms with Crippen molar-refractivity contribution in [1.82, 2.24) is 0 Å². The molecular weight excluding hydrogens is 405 g/mol. The Kier molecular flexibility index (Phi) is 6.06. The molecule has 0 unspecified atom stereocenters. The highest BCUT2D eigenvalue weighted by atomic mass is 35.5. The van der Waals surface area contributed by atoms with E-state index < -0.39 is 33.7 Å². The summed E-state index contributed by atoms with van der Waals surface area (Å²) in [4.78, 5) is 12.5. The number of rotatable bonds is 5. The van der Waals surface area contributed by atoms with Gasteiger partial charge in [-0.3, -0.25) is 9.10 Å². The van der Waals surface area contributed by atoms with Crippen molar-refractivity contribution in [3.8, 4) is 0 Å². The van der Waals surface area contributed by atoms with Crippen molar-refractivity contribution < 1.29 is 26.4 Å². The third-order valence-corrected chi connectivity index (χ3v) is 5.14. The van der Waals surface area contributed by atoms with Crippen LogP contribution in [-0.4, -0.2) is 26.6 Å². The van der Waals surface area contributed by atoms with Crippen LogP contribution in [0, 0.1) is 0 Å². The molecule has 2 rings (SSSR count). The molecule has 0 aromatic heterocycles. The van der Waals surface area contributed by atoms with E-state index in [1.807, 2.05) is 0 Å². The molecule has 10 heteroatoms. The Morgan fingerprint density at radius 3 is 2.04 bits per heavy atom. The lowest BCUT2D eigenvalue weighted by Gasteiger charge is -2.28. The van der Waals surface area contributed by atoms with Crippen LogP contribution in [0.3, 0.4) is 0 Å². The Labute approximate surface area is 159 Å². The van der Waals surface area contributed by atoms with E-state index >= 15 is 0 Å². The van der Waals surface area contributed by atoms with Crippen LogP contribution >= 0.6 is 11.6 Å². The number of carbonyl (C=O) groups excluding carboxylic acids is 1. The largest absolute Gasteiger partial charge is 0.416 e. The molecule has 0 radical (unpaired) electrons. The summed E-state index contributed by atoms with van der Waals surface area (Å²) in [5.74, 6) is -0.699. The molecule has 1 atom stereocenters. The number of nitrogens with one attached hydrogen (secondary N) is 1. The lowest BCUT2D eigenvalue weighted by atomic mass is 10.2. The molecular formula is C17H16ClF3N2O3S. The smallest absolute Gasteiger partial charge is 0.324 e. The average Bonchev–Trinajstić information content (AvgIpc) is 2.55. The van der Waals surface area contributed by atoms with Gasteiger partial charge in [0.05, 0.1) is 17.5 Å². The second-order valence-electron chi connectivity index (χ2n) is 5.78. The number of carbonyl (C=O) groups is 1. The summed E-state index contributed by atoms with van der Waals surface area (Å²) in [5.41, 5.74) is -0.506. The lowest BCUT2D eigenvalue weighted by molar-refractivity contribution is -0.137. The molecule has 1 amide bonds. The maximum Gasteiger partial charge on any atom is 0.416 e. The SMILES string of the molecule is C[C@@H](C(=O)Nc1ccc(C(F)(F)F)cc1)N(c1ccc(Cl)cc1)S(C)(=O)=O. The maximum atomic E-state index is 12.6. The van der Waals surface area contributed by atoms with Crippen LogP contribution in [0.2, 0.25) is 5.02 Å². The maximum absolute atomic E-state index is 12.6. The van der Waals surface area contributed by atoms with Crippen molar-refractivity contribution in [2.24, 2.45) is 0 Å². The topological polar surface area (TPSA) is 66.5 Å². The third kappa shape index (κ3) is 5.36. The number of alkyl halides is 3. The molecule has 0 heterocycles. The summed E-state index contributed by atoms with van der Waals surface area (Å²) in [6, 6.07) is 8.56. The standard InChI is InChI=1S/C17H16ClF3N2O3S/c1-11(23(27(2,25)26)15-9-5-13(18)6-10-15)16(24)22-14-7-3-12(4-8-14)17(19,20)21/h3-11H,1-2H3,(H,22,24)/t11-/m0/s1. The summed E-state index contributed by atoms with van der Waals surface area (Å²) in [5, 5.41) is 2.81. The average molecular weight is 421 g/mol. The Morgan fingerprint density at radius 1 is 1.07 bits per heavy atom. The zero-order chi connectivity index (χ0) is 20.4. The quantitative estimate of drug-likeness (QED) is 0.790. The van der Waals surface area contributed by atoms with E-state index in [9.17, 15) is 26.4 Å². The fourth-order valence-corrected chi connectivity index (χ4v) is 3.69. The molecule has 0 saturated carbocycles. The fourth-order valence-electron chi connectivity index (χ4n) is 2.39. The summed E-state index contributed by atoms with van der Waals surface area (Å²) in [6.45, 7) is 1.37. The van der Waals surface area contributed by atoms with Crippen LogP contribution in [0.15, 0.2) is 48.5 Å². The number of halogens is 4. The van der Waals surface area contributed by atoms with Crippen LogP contribution in [0.5, 0.6) is 0 Å². The zero-order valence-electron chi connectivity index (χ0n) is 14.3. The molecule has 0 aliphatic rings. The van der Waals surface area contributed by atoms with Gasteiger partial charge in [0.2, 0.25) is 15.9 Å². The predicted molar refractivity (Wildman–Crippen MR) is 98.3 cm³/mol. The van der Waals surface area contributed by atoms with Gasteiger partial charge < -0.3 is 5.32 Å². The van der Waals surface area contributed by atoms with E-state index in [0.717, 1.165) is 34.8 Å². The molecule has 0 aliphatic carbocycles. The van der Waals surface area contributed by atoms with Crippen molar-refractivity contribution in [2.75, 3.05) is 15.9 Å². The van der Waals surface area contributed by atoms with Crippen LogP contribution in [-0.2, 0) is 21.0 Å². The Morgan fingerprint density at radius 2 is 1.59 bits per heavy atom. The molecule has 2 aromatic carbocycles. The normalized spacial score (nSPS) is 13.1. The minimum Gasteiger partial charge on any atom is -0.324 e. The summed E-state index contributed by atoms with van der Waals surface area (Å²) in [7, 11) is -3.81. The van der Waals surface area contributed by atoms with Crippen LogP contribution in [0.4, 0.5) is 24.5 Å². The highest BCUT2D eigenvalue weighted by molar-refractivity contribution is 7.92. The third-order valence-electron chi connectivity index (χ3n) is 3.65. The van der Waals surface area contributed by atoms with Crippen molar-refractivity contribution in [2.45, 2.75) is 19.1 Å². The highest BCUT2D eigenvalue weighted by Gasteiger charge is 2.31. The first-order chi connectivity index (χ1) is 12.4. The summed E-state index contributed by atoms with van der Waals surface area (Å²) < 4.78 is 63.0. The van der Waals surface area contributed by atoms with Gasteiger partial charge in [-0.1, -0.05) is 11.6 Å². The minimum absolute atomic E-state index is 0.115. The summed E-state index contributed by atoms with van der Waals surface area (Å²) in [6.07, 6.45) is -3.54. The molecule has 0 aliphatic heterocycles. The van der Waals surface area contributed by atoms with Crippen molar-refractivity contribution in [3.63, 3.8) is 0 Å². The van der Waals surface area contributed by atoms with Gasteiger partial charge in [0.1, 0.15) is 6.04 Å². The van der Waals surface area contributed by atoms with Crippen molar-refractivity contribution >= 4 is 38.9 Å². The monoisotopic (exact) mass is 420 g/mol. The van der Waals surface area contributed by atoms with Crippen molar-refractivity contribution in [1.29, 1.82) is 0 Å². The molecule has 146 valence electrons. The van der Waals surface area contributed by atoms with Gasteiger partial charge in [-0.15, -0.1) is 0 Å². The van der Waals surface area contributed by atoms with Gasteiger partial charge in [-0.05, 0) is 55.5 Å². The molecule has 0 bridgehead atoms. The highest BCUT2D eigenvalue weighted by Crippen LogP contribution is 2.30. The van der Waals surface area contributed by atoms with Crippen LogP contribution in [0.1, 0.15) is 12.5 Å². The van der Waals surface area contributed by atoms with E-state index in [1.165, 1.54) is 31.2 Å². The van der Waals surface area contributed by atoms with E-state index in [-0.39, 0.29) is 11.4 Å². The molecule has 0 fully saturated rings. The zero-order valence-corrected chi connectivity index (χ0v) is 15.9. The second-order valence-corrected chi connectivity index (χ2v) is 8.07. The number of hydrogen-bond donors (Lipinski definition) is 1. The van der Waals surface area contributed by atoms with E-state index in [4.69, 9.17) is 11.6 Å². The molecule has 1 N–H and O–H groups in total. The number of hydrogen-bond acceptors (Lipinski definition) is 3. The van der Waals surface area contributed by atoms with Gasteiger partial charge in [-0.2, -0.15) is 13.2 Å². The van der Waals surface area contributed by atoms with Crippen LogP contribution < -0.4 is 9.62 Å². The van der Waals surface area contributed by atoms with E-state index in [1.54, 1.807) is 0 Å². The second kappa shape index (κ2) is 7.77. The fraction of sp³-hybridized carbons (Fsp3) is 0.235. The van der Waals surface area contributed by atoms with Crippen LogP contribution in [0.25, 0.3) is 0 Å². The van der Waals surface area contributed by atoms with Gasteiger partial charge in [0.15, 0.2) is 0 Å². The van der Waals surface area contributed by atoms with E-state index in [2.05, 4.69) is 5.32 Å². The first-order valence-corrected chi connectivity index (χ1v) is 9.85. The molecule has 0 spiro atoms. The number of sulfonamides is 1. The molecule has 27 heavy (non-hydrogen) atoms. The molecule has 2 aromatic rings. The number of benzene rings is 2. The van der Waals surface area contributed by atoms with E-state index in [0.29, 0.717) is 5.02 Å².